The van der Waals surface area contributed by atoms with Gasteiger partial charge in [-0.2, -0.15) is 0 Å². The number of halogens is 1. The summed E-state index contributed by atoms with van der Waals surface area (Å²) in [6.45, 7) is 3.67. The first kappa shape index (κ1) is 8.94. The highest BCUT2D eigenvalue weighted by Crippen LogP contribution is 2.26. The van der Waals surface area contributed by atoms with Gasteiger partial charge in [-0.3, -0.25) is 4.39 Å². The van der Waals surface area contributed by atoms with Crippen molar-refractivity contribution in [1.82, 2.24) is 10.2 Å². The van der Waals surface area contributed by atoms with E-state index in [1.54, 1.807) is 0 Å². The molecule has 1 rings (SSSR count). The maximum Gasteiger partial charge on any atom is 0.0952 e. The zero-order chi connectivity index (χ0) is 8.48. The highest BCUT2D eigenvalue weighted by atomic mass is 19.1. The second-order valence-electron chi connectivity index (χ2n) is 3.72. The fraction of sp³-hybridized carbons (Fsp3) is 1.00. The fourth-order valence-electron chi connectivity index (χ4n) is 1.83. The van der Waals surface area contributed by atoms with Crippen LogP contribution in [0.2, 0.25) is 0 Å². The lowest BCUT2D eigenvalue weighted by Crippen LogP contribution is -2.47. The molecule has 1 N–H and O–H groups in total. The van der Waals surface area contributed by atoms with Crippen molar-refractivity contribution in [3.63, 3.8) is 0 Å². The molecular formula is C8H17FN2. The molecule has 0 aromatic heterocycles. The second kappa shape index (κ2) is 3.07. The summed E-state index contributed by atoms with van der Waals surface area (Å²) in [5, 5.41) is 3.19. The van der Waals surface area contributed by atoms with Crippen molar-refractivity contribution < 1.29 is 4.39 Å². The monoisotopic (exact) mass is 160 g/mol. The number of alkyl halides is 1. The Kier molecular flexibility index (Phi) is 2.50. The third kappa shape index (κ3) is 1.54. The van der Waals surface area contributed by atoms with Crippen molar-refractivity contribution in [2.24, 2.45) is 5.92 Å². The van der Waals surface area contributed by atoms with E-state index in [-0.39, 0.29) is 18.1 Å². The molecular weight excluding hydrogens is 143 g/mol. The van der Waals surface area contributed by atoms with Crippen LogP contribution in [0.25, 0.3) is 0 Å². The quantitative estimate of drug-likeness (QED) is 0.632. The summed E-state index contributed by atoms with van der Waals surface area (Å²) in [6.07, 6.45) is 0. The summed E-state index contributed by atoms with van der Waals surface area (Å²) >= 11 is 0. The molecule has 1 saturated heterocycles. The highest BCUT2D eigenvalue weighted by molar-refractivity contribution is 4.98. The molecule has 66 valence electrons. The van der Waals surface area contributed by atoms with E-state index in [9.17, 15) is 4.39 Å². The minimum absolute atomic E-state index is 0.0243. The van der Waals surface area contributed by atoms with Gasteiger partial charge in [0.2, 0.25) is 0 Å². The maximum atomic E-state index is 12.5. The van der Waals surface area contributed by atoms with Crippen LogP contribution in [-0.2, 0) is 0 Å². The molecule has 0 radical (unpaired) electrons. The van der Waals surface area contributed by atoms with Crippen molar-refractivity contribution in [3.05, 3.63) is 0 Å². The van der Waals surface area contributed by atoms with Crippen LogP contribution in [0.15, 0.2) is 0 Å². The van der Waals surface area contributed by atoms with E-state index in [1.807, 2.05) is 14.1 Å². The molecule has 0 amide bonds. The van der Waals surface area contributed by atoms with Gasteiger partial charge in [0.25, 0.3) is 0 Å². The third-order valence-corrected chi connectivity index (χ3v) is 2.79. The number of rotatable bonds is 2. The number of likely N-dealkylation sites (N-methyl/N-ethyl adjacent to an activating group) is 2. The molecule has 0 spiro atoms. The van der Waals surface area contributed by atoms with Crippen LogP contribution in [-0.4, -0.2) is 44.3 Å². The van der Waals surface area contributed by atoms with Gasteiger partial charge in [-0.05, 0) is 21.0 Å². The van der Waals surface area contributed by atoms with Crippen LogP contribution in [0.1, 0.15) is 6.92 Å². The third-order valence-electron chi connectivity index (χ3n) is 2.79. The predicted octanol–water partition coefficient (Wildman–Crippen LogP) is 0.496. The standard InChI is InChI=1S/C8H17FN2/c1-8(10-2)6-11(3)5-7(8)4-9/h7,10H,4-6H2,1-3H3. The molecule has 1 fully saturated rings. The Bertz CT molecular complexity index is 140. The highest BCUT2D eigenvalue weighted by Gasteiger charge is 2.40. The molecule has 11 heavy (non-hydrogen) atoms. The minimum Gasteiger partial charge on any atom is -0.313 e. The lowest BCUT2D eigenvalue weighted by Gasteiger charge is -2.28. The molecule has 3 heteroatoms. The SMILES string of the molecule is CNC1(C)CN(C)CC1CF. The van der Waals surface area contributed by atoms with Crippen molar-refractivity contribution in [3.8, 4) is 0 Å². The molecule has 1 heterocycles. The zero-order valence-electron chi connectivity index (χ0n) is 7.52. The average molecular weight is 160 g/mol. The number of nitrogens with zero attached hydrogens (tertiary/aromatic N) is 1. The van der Waals surface area contributed by atoms with Gasteiger partial charge in [0.05, 0.1) is 6.67 Å². The van der Waals surface area contributed by atoms with Gasteiger partial charge in [0.15, 0.2) is 0 Å². The number of hydrogen-bond acceptors (Lipinski definition) is 2. The molecule has 2 atom stereocenters. The average Bonchev–Trinajstić information content (AvgIpc) is 2.27. The molecule has 0 saturated carbocycles. The van der Waals surface area contributed by atoms with Crippen LogP contribution < -0.4 is 5.32 Å². The topological polar surface area (TPSA) is 15.3 Å². The van der Waals surface area contributed by atoms with E-state index in [1.165, 1.54) is 0 Å². The van der Waals surface area contributed by atoms with Crippen LogP contribution in [0.4, 0.5) is 4.39 Å². The minimum atomic E-state index is -0.221. The van der Waals surface area contributed by atoms with Gasteiger partial charge < -0.3 is 10.2 Å². The van der Waals surface area contributed by atoms with Gasteiger partial charge in [-0.25, -0.2) is 0 Å². The summed E-state index contributed by atoms with van der Waals surface area (Å²) in [7, 11) is 3.94. The molecule has 0 aliphatic carbocycles. The normalized spacial score (nSPS) is 39.8. The van der Waals surface area contributed by atoms with E-state index >= 15 is 0 Å². The molecule has 0 aromatic carbocycles. The summed E-state index contributed by atoms with van der Waals surface area (Å²) < 4.78 is 12.5. The summed E-state index contributed by atoms with van der Waals surface area (Å²) in [4.78, 5) is 2.17. The van der Waals surface area contributed by atoms with Gasteiger partial charge in [-0.1, -0.05) is 0 Å². The number of hydrogen-bond donors (Lipinski definition) is 1. The lowest BCUT2D eigenvalue weighted by atomic mass is 9.90. The van der Waals surface area contributed by atoms with Gasteiger partial charge in [0, 0.05) is 24.5 Å². The molecule has 2 unspecified atom stereocenters. The number of likely N-dealkylation sites (tertiary alicyclic amines) is 1. The van der Waals surface area contributed by atoms with Crippen molar-refractivity contribution in [1.29, 1.82) is 0 Å². The first-order valence-corrected chi connectivity index (χ1v) is 4.06. The van der Waals surface area contributed by atoms with E-state index in [2.05, 4.69) is 17.1 Å². The van der Waals surface area contributed by atoms with Crippen molar-refractivity contribution >= 4 is 0 Å². The Balaban J connectivity index is 2.63. The zero-order valence-corrected chi connectivity index (χ0v) is 7.52. The van der Waals surface area contributed by atoms with Crippen molar-refractivity contribution in [2.45, 2.75) is 12.5 Å². The van der Waals surface area contributed by atoms with Crippen molar-refractivity contribution in [2.75, 3.05) is 33.9 Å². The van der Waals surface area contributed by atoms with E-state index in [0.29, 0.717) is 0 Å². The Morgan fingerprint density at radius 3 is 2.73 bits per heavy atom. The van der Waals surface area contributed by atoms with Gasteiger partial charge in [-0.15, -0.1) is 0 Å². The van der Waals surface area contributed by atoms with Gasteiger partial charge in [0.1, 0.15) is 0 Å². The lowest BCUT2D eigenvalue weighted by molar-refractivity contribution is 0.255. The summed E-state index contributed by atoms with van der Waals surface area (Å²) in [6, 6.07) is 0. The predicted molar refractivity (Wildman–Crippen MR) is 44.4 cm³/mol. The largest absolute Gasteiger partial charge is 0.313 e. The van der Waals surface area contributed by atoms with Crippen LogP contribution in [0.3, 0.4) is 0 Å². The molecule has 1 aliphatic rings. The summed E-state index contributed by atoms with van der Waals surface area (Å²) in [5.74, 6) is 0.150. The van der Waals surface area contributed by atoms with E-state index < -0.39 is 0 Å². The van der Waals surface area contributed by atoms with Crippen LogP contribution in [0, 0.1) is 5.92 Å². The smallest absolute Gasteiger partial charge is 0.0952 e. The molecule has 1 aliphatic heterocycles. The molecule has 2 nitrogen and oxygen atoms in total. The van der Waals surface area contributed by atoms with Gasteiger partial charge >= 0.3 is 0 Å². The number of nitrogens with one attached hydrogen (secondary N) is 1. The fourth-order valence-corrected chi connectivity index (χ4v) is 1.83. The maximum absolute atomic E-state index is 12.5. The Morgan fingerprint density at radius 2 is 2.36 bits per heavy atom. The Labute approximate surface area is 67.8 Å². The van der Waals surface area contributed by atoms with E-state index in [0.717, 1.165) is 13.1 Å². The van der Waals surface area contributed by atoms with Crippen LogP contribution in [0.5, 0.6) is 0 Å². The molecule has 0 bridgehead atoms. The summed E-state index contributed by atoms with van der Waals surface area (Å²) in [5.41, 5.74) is -0.0243. The first-order chi connectivity index (χ1) is 5.12. The van der Waals surface area contributed by atoms with E-state index in [4.69, 9.17) is 0 Å². The second-order valence-corrected chi connectivity index (χ2v) is 3.72. The Hall–Kier alpha value is -0.150. The first-order valence-electron chi connectivity index (χ1n) is 4.06. The Morgan fingerprint density at radius 1 is 1.73 bits per heavy atom. The van der Waals surface area contributed by atoms with Crippen LogP contribution >= 0.6 is 0 Å². The molecule has 0 aromatic rings.